The van der Waals surface area contributed by atoms with Gasteiger partial charge in [-0.1, -0.05) is 5.23 Å². The van der Waals surface area contributed by atoms with E-state index in [0.717, 1.165) is 5.56 Å². The Labute approximate surface area is 116 Å². The first kappa shape index (κ1) is 14.7. The fourth-order valence-electron chi connectivity index (χ4n) is 2.70. The third-order valence-electron chi connectivity index (χ3n) is 3.65. The fourth-order valence-corrected chi connectivity index (χ4v) is 2.70. The first-order chi connectivity index (χ1) is 9.14. The van der Waals surface area contributed by atoms with Crippen molar-refractivity contribution >= 4 is 5.69 Å². The van der Waals surface area contributed by atoms with Gasteiger partial charge in [-0.2, -0.15) is 0 Å². The summed E-state index contributed by atoms with van der Waals surface area (Å²) in [6.45, 7) is 6.88. The van der Waals surface area contributed by atoms with Crippen LogP contribution in [0.5, 0.6) is 5.75 Å². The third-order valence-corrected chi connectivity index (χ3v) is 3.65. The van der Waals surface area contributed by atoms with Crippen LogP contribution in [0.2, 0.25) is 0 Å². The topological polar surface area (TPSA) is 96.1 Å². The Bertz CT molecular complexity index is 581. The van der Waals surface area contributed by atoms with Gasteiger partial charge in [0.05, 0.1) is 17.0 Å². The molecule has 0 amide bonds. The zero-order valence-corrected chi connectivity index (χ0v) is 11.9. The second-order valence-electron chi connectivity index (χ2n) is 5.71. The van der Waals surface area contributed by atoms with E-state index in [0.29, 0.717) is 28.9 Å². The largest absolute Gasteiger partial charge is 0.487 e. The van der Waals surface area contributed by atoms with E-state index < -0.39 is 10.5 Å². The van der Waals surface area contributed by atoms with Crippen molar-refractivity contribution in [1.82, 2.24) is 5.23 Å². The summed E-state index contributed by atoms with van der Waals surface area (Å²) in [6, 6.07) is 0. The number of fused-ring (bicyclic) bond motifs is 1. The molecular formula is C13H18N2O5. The summed E-state index contributed by atoms with van der Waals surface area (Å²) in [4.78, 5) is 10.8. The van der Waals surface area contributed by atoms with E-state index in [4.69, 9.17) is 15.2 Å². The van der Waals surface area contributed by atoms with E-state index >= 15 is 0 Å². The van der Waals surface area contributed by atoms with E-state index in [2.05, 4.69) is 0 Å². The molecule has 1 aromatic carbocycles. The highest BCUT2D eigenvalue weighted by molar-refractivity contribution is 5.63. The average molecular weight is 282 g/mol. The molecule has 110 valence electrons. The molecule has 0 atom stereocenters. The number of nitrogens with zero attached hydrogens (tertiary/aromatic N) is 2. The SMILES string of the molecule is Cc1c(C)c([N+](=O)[O-])c(CN(O)O)c2c1OC(C)(C)C2. The Morgan fingerprint density at radius 1 is 1.35 bits per heavy atom. The molecule has 20 heavy (non-hydrogen) atoms. The maximum Gasteiger partial charge on any atom is 0.277 e. The van der Waals surface area contributed by atoms with Gasteiger partial charge in [0.15, 0.2) is 0 Å². The normalized spacial score (nSPS) is 16.1. The minimum atomic E-state index is -0.479. The van der Waals surface area contributed by atoms with Crippen molar-refractivity contribution in [3.8, 4) is 5.75 Å². The average Bonchev–Trinajstić information content (AvgIpc) is 2.61. The molecule has 0 aliphatic carbocycles. The lowest BCUT2D eigenvalue weighted by atomic mass is 9.92. The maximum atomic E-state index is 11.3. The molecule has 0 unspecified atom stereocenters. The van der Waals surface area contributed by atoms with Crippen molar-refractivity contribution in [3.63, 3.8) is 0 Å². The quantitative estimate of drug-likeness (QED) is 0.653. The highest BCUT2D eigenvalue weighted by Crippen LogP contribution is 2.45. The first-order valence-electron chi connectivity index (χ1n) is 6.27. The van der Waals surface area contributed by atoms with Crippen molar-refractivity contribution in [3.05, 3.63) is 32.4 Å². The summed E-state index contributed by atoms with van der Waals surface area (Å²) >= 11 is 0. The molecule has 0 saturated heterocycles. The van der Waals surface area contributed by atoms with E-state index in [-0.39, 0.29) is 17.5 Å². The lowest BCUT2D eigenvalue weighted by Crippen LogP contribution is -2.25. The molecule has 1 aliphatic heterocycles. The molecule has 2 N–H and O–H groups in total. The summed E-state index contributed by atoms with van der Waals surface area (Å²) < 4.78 is 5.86. The number of hydrogen-bond acceptors (Lipinski definition) is 6. The molecule has 0 radical (unpaired) electrons. The molecule has 0 bridgehead atoms. The number of nitro groups is 1. The van der Waals surface area contributed by atoms with E-state index in [1.54, 1.807) is 13.8 Å². The molecule has 7 heteroatoms. The van der Waals surface area contributed by atoms with Gasteiger partial charge in [-0.25, -0.2) is 0 Å². The summed E-state index contributed by atoms with van der Waals surface area (Å²) in [5, 5.41) is 29.4. The van der Waals surface area contributed by atoms with E-state index in [9.17, 15) is 10.1 Å². The first-order valence-corrected chi connectivity index (χ1v) is 6.27. The second kappa shape index (κ2) is 4.69. The second-order valence-corrected chi connectivity index (χ2v) is 5.71. The van der Waals surface area contributed by atoms with Crippen LogP contribution in [-0.4, -0.2) is 26.2 Å². The predicted molar refractivity (Wildman–Crippen MR) is 70.1 cm³/mol. The van der Waals surface area contributed by atoms with Crippen LogP contribution in [0, 0.1) is 24.0 Å². The molecule has 1 aliphatic rings. The molecule has 0 spiro atoms. The standard InChI is InChI=1S/C13H18N2O5/c1-7-8(2)12-9(5-13(3,4)20-12)10(6-14(16)17)11(7)15(18)19/h16-17H,5-6H2,1-4H3. The van der Waals surface area contributed by atoms with Gasteiger partial charge in [0.2, 0.25) is 0 Å². The van der Waals surface area contributed by atoms with E-state index in [1.165, 1.54) is 0 Å². The number of rotatable bonds is 3. The van der Waals surface area contributed by atoms with Crippen LogP contribution in [0.15, 0.2) is 0 Å². The van der Waals surface area contributed by atoms with Crippen molar-refractivity contribution in [1.29, 1.82) is 0 Å². The van der Waals surface area contributed by atoms with Gasteiger partial charge in [-0.3, -0.25) is 20.5 Å². The van der Waals surface area contributed by atoms with Gasteiger partial charge in [0.1, 0.15) is 11.4 Å². The van der Waals surface area contributed by atoms with Gasteiger partial charge in [0.25, 0.3) is 5.69 Å². The Hall–Kier alpha value is -1.70. The minimum Gasteiger partial charge on any atom is -0.487 e. The zero-order valence-electron chi connectivity index (χ0n) is 11.9. The van der Waals surface area contributed by atoms with Gasteiger partial charge < -0.3 is 4.74 Å². The van der Waals surface area contributed by atoms with Crippen molar-refractivity contribution < 1.29 is 20.1 Å². The lowest BCUT2D eigenvalue weighted by Gasteiger charge is -2.18. The molecule has 0 fully saturated rings. The summed E-state index contributed by atoms with van der Waals surface area (Å²) in [5.41, 5.74) is 1.66. The van der Waals surface area contributed by atoms with Crippen LogP contribution in [0.3, 0.4) is 0 Å². The van der Waals surface area contributed by atoms with Gasteiger partial charge >= 0.3 is 0 Å². The monoisotopic (exact) mass is 282 g/mol. The molecular weight excluding hydrogens is 264 g/mol. The molecule has 2 rings (SSSR count). The Morgan fingerprint density at radius 3 is 2.45 bits per heavy atom. The zero-order chi connectivity index (χ0) is 15.2. The number of benzene rings is 1. The van der Waals surface area contributed by atoms with Crippen LogP contribution in [-0.2, 0) is 13.0 Å². The number of ether oxygens (including phenoxy) is 1. The molecule has 0 saturated carbocycles. The van der Waals surface area contributed by atoms with Gasteiger partial charge in [-0.05, 0) is 27.7 Å². The van der Waals surface area contributed by atoms with Gasteiger partial charge in [-0.15, -0.1) is 0 Å². The molecule has 0 aromatic heterocycles. The number of hydrogen-bond donors (Lipinski definition) is 2. The molecule has 1 heterocycles. The van der Waals surface area contributed by atoms with Crippen LogP contribution < -0.4 is 4.74 Å². The van der Waals surface area contributed by atoms with Crippen LogP contribution >= 0.6 is 0 Å². The van der Waals surface area contributed by atoms with Gasteiger partial charge in [0, 0.05) is 23.1 Å². The Kier molecular flexibility index (Phi) is 3.45. The smallest absolute Gasteiger partial charge is 0.277 e. The minimum absolute atomic E-state index is 0.0390. The summed E-state index contributed by atoms with van der Waals surface area (Å²) in [7, 11) is 0. The highest BCUT2D eigenvalue weighted by atomic mass is 16.8. The van der Waals surface area contributed by atoms with Crippen molar-refractivity contribution in [2.75, 3.05) is 0 Å². The summed E-state index contributed by atoms with van der Waals surface area (Å²) in [6.07, 6.45) is 0.494. The molecule has 7 nitrogen and oxygen atoms in total. The number of nitro benzene ring substituents is 1. The van der Waals surface area contributed by atoms with Crippen LogP contribution in [0.25, 0.3) is 0 Å². The van der Waals surface area contributed by atoms with Crippen LogP contribution in [0.1, 0.15) is 36.1 Å². The Balaban J connectivity index is 2.73. The predicted octanol–water partition coefficient (Wildman–Crippen LogP) is 2.51. The summed E-state index contributed by atoms with van der Waals surface area (Å²) in [5.74, 6) is 0.620. The lowest BCUT2D eigenvalue weighted by molar-refractivity contribution is -0.388. The third kappa shape index (κ3) is 2.35. The maximum absolute atomic E-state index is 11.3. The number of hydroxylamine groups is 2. The molecule has 1 aromatic rings. The fraction of sp³-hybridized carbons (Fsp3) is 0.538. The van der Waals surface area contributed by atoms with Crippen molar-refractivity contribution in [2.45, 2.75) is 46.3 Å². The van der Waals surface area contributed by atoms with Crippen molar-refractivity contribution in [2.24, 2.45) is 0 Å². The Morgan fingerprint density at radius 2 is 1.95 bits per heavy atom. The highest BCUT2D eigenvalue weighted by Gasteiger charge is 2.38. The van der Waals surface area contributed by atoms with Crippen LogP contribution in [0.4, 0.5) is 5.69 Å². The van der Waals surface area contributed by atoms with E-state index in [1.807, 2.05) is 13.8 Å².